The summed E-state index contributed by atoms with van der Waals surface area (Å²) in [5, 5.41) is 10.5. The Morgan fingerprint density at radius 1 is 1.05 bits per heavy atom. The van der Waals surface area contributed by atoms with Gasteiger partial charge in [0.15, 0.2) is 0 Å². The molecule has 0 bridgehead atoms. The van der Waals surface area contributed by atoms with E-state index in [9.17, 15) is 21.6 Å². The van der Waals surface area contributed by atoms with Crippen molar-refractivity contribution in [2.45, 2.75) is 24.5 Å². The zero-order chi connectivity index (χ0) is 26.8. The minimum atomic E-state index is -4.56. The van der Waals surface area contributed by atoms with Crippen molar-refractivity contribution < 1.29 is 30.7 Å². The standard InChI is InChI=1S/C24H22F3N5O4S/c1-15-30-31-23(36-15)20-13-19(37(33,34)32(2)14-16-4-6-18(35-3)7-5-16)8-9-21(20)29-22-12-17(10-11-28-22)24(25,26)27/h4-13H,14H2,1-3H3,(H,28,29). The molecule has 0 aliphatic carbocycles. The molecular formula is C24H22F3N5O4S. The van der Waals surface area contributed by atoms with Gasteiger partial charge in [0.25, 0.3) is 0 Å². The molecule has 0 amide bonds. The third-order valence-electron chi connectivity index (χ3n) is 5.37. The quantitative estimate of drug-likeness (QED) is 0.336. The van der Waals surface area contributed by atoms with Crippen LogP contribution in [0.15, 0.2) is 70.1 Å². The van der Waals surface area contributed by atoms with Crippen LogP contribution in [0.25, 0.3) is 11.5 Å². The summed E-state index contributed by atoms with van der Waals surface area (Å²) in [6, 6.07) is 12.7. The van der Waals surface area contributed by atoms with Crippen LogP contribution in [0.4, 0.5) is 24.7 Å². The van der Waals surface area contributed by atoms with Crippen LogP contribution < -0.4 is 10.1 Å². The second kappa shape index (κ2) is 10.2. The Balaban J connectivity index is 1.68. The summed E-state index contributed by atoms with van der Waals surface area (Å²) in [5.41, 5.74) is 0.263. The van der Waals surface area contributed by atoms with Gasteiger partial charge in [-0.25, -0.2) is 13.4 Å². The van der Waals surface area contributed by atoms with Crippen LogP contribution in [-0.2, 0) is 22.7 Å². The molecule has 9 nitrogen and oxygen atoms in total. The van der Waals surface area contributed by atoms with Gasteiger partial charge in [-0.2, -0.15) is 17.5 Å². The molecule has 0 atom stereocenters. The van der Waals surface area contributed by atoms with E-state index in [0.717, 1.165) is 23.9 Å². The van der Waals surface area contributed by atoms with Gasteiger partial charge in [0, 0.05) is 26.7 Å². The molecule has 2 aromatic heterocycles. The highest BCUT2D eigenvalue weighted by Crippen LogP contribution is 2.34. The molecule has 13 heteroatoms. The van der Waals surface area contributed by atoms with E-state index in [-0.39, 0.29) is 40.3 Å². The molecule has 0 unspecified atom stereocenters. The fourth-order valence-electron chi connectivity index (χ4n) is 3.44. The minimum absolute atomic E-state index is 0.0122. The molecule has 0 saturated heterocycles. The first-order valence-electron chi connectivity index (χ1n) is 10.8. The zero-order valence-electron chi connectivity index (χ0n) is 19.9. The third kappa shape index (κ3) is 5.89. The number of hydrogen-bond donors (Lipinski definition) is 1. The van der Waals surface area contributed by atoms with Gasteiger partial charge in [-0.05, 0) is 48.0 Å². The minimum Gasteiger partial charge on any atom is -0.497 e. The molecule has 0 fully saturated rings. The maximum atomic E-state index is 13.3. The van der Waals surface area contributed by atoms with Crippen molar-refractivity contribution >= 4 is 21.5 Å². The number of aryl methyl sites for hydroxylation is 1. The number of hydrogen-bond acceptors (Lipinski definition) is 8. The number of alkyl halides is 3. The molecule has 4 aromatic rings. The van der Waals surface area contributed by atoms with Crippen LogP contribution in [0.3, 0.4) is 0 Å². The second-order valence-electron chi connectivity index (χ2n) is 8.00. The number of pyridine rings is 1. The Hall–Kier alpha value is -3.97. The zero-order valence-corrected chi connectivity index (χ0v) is 20.8. The fraction of sp³-hybridized carbons (Fsp3) is 0.208. The smallest absolute Gasteiger partial charge is 0.416 e. The Morgan fingerprint density at radius 2 is 1.78 bits per heavy atom. The number of aromatic nitrogens is 3. The largest absolute Gasteiger partial charge is 0.497 e. The van der Waals surface area contributed by atoms with Crippen molar-refractivity contribution in [2.75, 3.05) is 19.5 Å². The number of halogens is 3. The molecule has 37 heavy (non-hydrogen) atoms. The molecule has 0 aliphatic heterocycles. The third-order valence-corrected chi connectivity index (χ3v) is 7.17. The topological polar surface area (TPSA) is 110 Å². The summed E-state index contributed by atoms with van der Waals surface area (Å²) in [6.45, 7) is 1.65. The maximum absolute atomic E-state index is 13.3. The van der Waals surface area contributed by atoms with Gasteiger partial charge in [-0.3, -0.25) is 0 Å². The summed E-state index contributed by atoms with van der Waals surface area (Å²) in [5.74, 6) is 0.761. The van der Waals surface area contributed by atoms with Crippen molar-refractivity contribution in [2.24, 2.45) is 0 Å². The van der Waals surface area contributed by atoms with Crippen molar-refractivity contribution in [3.8, 4) is 17.2 Å². The lowest BCUT2D eigenvalue weighted by Gasteiger charge is -2.19. The number of nitrogens with zero attached hydrogens (tertiary/aromatic N) is 4. The number of sulfonamides is 1. The predicted octanol–water partition coefficient (Wildman–Crippen LogP) is 5.03. The van der Waals surface area contributed by atoms with Crippen LogP contribution in [-0.4, -0.2) is 42.1 Å². The molecule has 0 saturated carbocycles. The number of rotatable bonds is 8. The summed E-state index contributed by atoms with van der Waals surface area (Å²) >= 11 is 0. The molecular weight excluding hydrogens is 511 g/mol. The van der Waals surface area contributed by atoms with Crippen molar-refractivity contribution in [3.63, 3.8) is 0 Å². The molecule has 2 aromatic carbocycles. The predicted molar refractivity (Wildman–Crippen MR) is 129 cm³/mol. The summed E-state index contributed by atoms with van der Waals surface area (Å²) in [7, 11) is -0.996. The van der Waals surface area contributed by atoms with Gasteiger partial charge in [0.2, 0.25) is 21.8 Å². The Bertz CT molecular complexity index is 1510. The molecule has 0 radical (unpaired) electrons. The Morgan fingerprint density at radius 3 is 2.41 bits per heavy atom. The van der Waals surface area contributed by atoms with Gasteiger partial charge in [0.05, 0.1) is 28.8 Å². The van der Waals surface area contributed by atoms with Crippen LogP contribution in [0.1, 0.15) is 17.0 Å². The lowest BCUT2D eigenvalue weighted by molar-refractivity contribution is -0.137. The number of ether oxygens (including phenoxy) is 1. The van der Waals surface area contributed by atoms with Gasteiger partial charge < -0.3 is 14.5 Å². The van der Waals surface area contributed by atoms with Crippen LogP contribution in [0.2, 0.25) is 0 Å². The van der Waals surface area contributed by atoms with Crippen LogP contribution in [0, 0.1) is 6.92 Å². The summed E-state index contributed by atoms with van der Waals surface area (Å²) in [6.07, 6.45) is -3.53. The fourth-order valence-corrected chi connectivity index (χ4v) is 4.63. The van der Waals surface area contributed by atoms with Gasteiger partial charge in [0.1, 0.15) is 11.6 Å². The first-order valence-corrected chi connectivity index (χ1v) is 12.3. The first-order chi connectivity index (χ1) is 17.5. The van der Waals surface area contributed by atoms with Crippen molar-refractivity contribution in [1.29, 1.82) is 0 Å². The van der Waals surface area contributed by atoms with E-state index in [0.29, 0.717) is 5.75 Å². The second-order valence-corrected chi connectivity index (χ2v) is 10.0. The normalized spacial score (nSPS) is 12.1. The van der Waals surface area contributed by atoms with E-state index in [1.165, 1.54) is 36.7 Å². The van der Waals surface area contributed by atoms with Crippen LogP contribution >= 0.6 is 0 Å². The monoisotopic (exact) mass is 533 g/mol. The highest BCUT2D eigenvalue weighted by atomic mass is 32.2. The van der Waals surface area contributed by atoms with E-state index < -0.39 is 21.8 Å². The van der Waals surface area contributed by atoms with Crippen molar-refractivity contribution in [3.05, 3.63) is 77.8 Å². The molecule has 2 heterocycles. The highest BCUT2D eigenvalue weighted by Gasteiger charge is 2.31. The van der Waals surface area contributed by atoms with E-state index in [2.05, 4.69) is 20.5 Å². The number of nitrogens with one attached hydrogen (secondary N) is 1. The van der Waals surface area contributed by atoms with Gasteiger partial charge in [-0.15, -0.1) is 10.2 Å². The lowest BCUT2D eigenvalue weighted by Crippen LogP contribution is -2.26. The molecule has 4 rings (SSSR count). The highest BCUT2D eigenvalue weighted by molar-refractivity contribution is 7.89. The van der Waals surface area contributed by atoms with Gasteiger partial charge in [-0.1, -0.05) is 12.1 Å². The Kier molecular flexibility index (Phi) is 7.18. The molecule has 0 aliphatic rings. The van der Waals surface area contributed by atoms with E-state index in [1.807, 2.05) is 0 Å². The maximum Gasteiger partial charge on any atom is 0.416 e. The van der Waals surface area contributed by atoms with E-state index >= 15 is 0 Å². The summed E-state index contributed by atoms with van der Waals surface area (Å²) < 4.78 is 77.9. The Labute approximate surface area is 211 Å². The lowest BCUT2D eigenvalue weighted by atomic mass is 10.1. The number of anilines is 2. The van der Waals surface area contributed by atoms with Crippen LogP contribution in [0.5, 0.6) is 5.75 Å². The average molecular weight is 534 g/mol. The SMILES string of the molecule is COc1ccc(CN(C)S(=O)(=O)c2ccc(Nc3cc(C(F)(F)F)ccn3)c(-c3nnc(C)o3)c2)cc1. The summed E-state index contributed by atoms with van der Waals surface area (Å²) in [4.78, 5) is 3.86. The van der Waals surface area contributed by atoms with E-state index in [1.54, 1.807) is 31.2 Å². The molecule has 0 spiro atoms. The van der Waals surface area contributed by atoms with Gasteiger partial charge >= 0.3 is 6.18 Å². The first kappa shape index (κ1) is 26.1. The van der Waals surface area contributed by atoms with E-state index in [4.69, 9.17) is 9.15 Å². The van der Waals surface area contributed by atoms with Crippen molar-refractivity contribution in [1.82, 2.24) is 19.5 Å². The number of benzene rings is 2. The molecule has 194 valence electrons. The number of methoxy groups -OCH3 is 1. The average Bonchev–Trinajstić information content (AvgIpc) is 3.30. The molecule has 1 N–H and O–H groups in total.